The van der Waals surface area contributed by atoms with Gasteiger partial charge in [-0.05, 0) is 44.1 Å². The maximum absolute atomic E-state index is 12.0. The van der Waals surface area contributed by atoms with Gasteiger partial charge in [-0.25, -0.2) is 0 Å². The van der Waals surface area contributed by atoms with Crippen LogP contribution in [0.15, 0.2) is 24.3 Å². The van der Waals surface area contributed by atoms with Gasteiger partial charge in [0.1, 0.15) is 5.78 Å². The van der Waals surface area contributed by atoms with Crippen LogP contribution in [0, 0.1) is 11.8 Å². The van der Waals surface area contributed by atoms with Crippen LogP contribution in [0.25, 0.3) is 0 Å². The fraction of sp³-hybridized carbons (Fsp3) is 0.650. The Hall–Kier alpha value is -1.71. The summed E-state index contributed by atoms with van der Waals surface area (Å²) in [6, 6.07) is 0. The predicted molar refractivity (Wildman–Crippen MR) is 94.8 cm³/mol. The summed E-state index contributed by atoms with van der Waals surface area (Å²) in [5, 5.41) is 8.58. The topological polar surface area (TPSA) is 71.4 Å². The Kier molecular flexibility index (Phi) is 9.97. The number of unbranched alkanes of at least 4 members (excludes halogenated alkanes) is 3. The van der Waals surface area contributed by atoms with Crippen LogP contribution in [0.5, 0.6) is 0 Å². The van der Waals surface area contributed by atoms with Crippen molar-refractivity contribution in [2.75, 3.05) is 0 Å². The number of carbonyl (C=O) groups is 3. The third-order valence-corrected chi connectivity index (χ3v) is 4.52. The van der Waals surface area contributed by atoms with Crippen molar-refractivity contribution in [1.82, 2.24) is 0 Å². The highest BCUT2D eigenvalue weighted by molar-refractivity contribution is 5.94. The van der Waals surface area contributed by atoms with E-state index in [2.05, 4.69) is 6.92 Å². The van der Waals surface area contributed by atoms with Crippen molar-refractivity contribution < 1.29 is 19.5 Å². The van der Waals surface area contributed by atoms with Gasteiger partial charge in [0.15, 0.2) is 5.78 Å². The van der Waals surface area contributed by atoms with Gasteiger partial charge in [-0.2, -0.15) is 0 Å². The second kappa shape index (κ2) is 11.8. The van der Waals surface area contributed by atoms with E-state index in [4.69, 9.17) is 5.11 Å². The van der Waals surface area contributed by atoms with Crippen LogP contribution < -0.4 is 0 Å². The lowest BCUT2D eigenvalue weighted by Gasteiger charge is -2.16. The molecule has 0 fully saturated rings. The van der Waals surface area contributed by atoms with Gasteiger partial charge in [0.2, 0.25) is 0 Å². The number of rotatable bonds is 13. The van der Waals surface area contributed by atoms with Crippen LogP contribution in [0.2, 0.25) is 0 Å². The van der Waals surface area contributed by atoms with Gasteiger partial charge >= 0.3 is 5.97 Å². The molecule has 0 aliphatic heterocycles. The molecule has 0 aromatic rings. The third-order valence-electron chi connectivity index (χ3n) is 4.52. The molecule has 0 unspecified atom stereocenters. The van der Waals surface area contributed by atoms with Crippen molar-refractivity contribution in [3.8, 4) is 0 Å². The first-order chi connectivity index (χ1) is 11.5. The van der Waals surface area contributed by atoms with Gasteiger partial charge in [-0.15, -0.1) is 0 Å². The van der Waals surface area contributed by atoms with Crippen molar-refractivity contribution in [3.63, 3.8) is 0 Å². The first-order valence-corrected chi connectivity index (χ1v) is 9.15. The molecule has 0 radical (unpaired) electrons. The molecule has 0 aromatic carbocycles. The molecule has 0 saturated carbocycles. The molecule has 1 rings (SSSR count). The molecule has 0 bridgehead atoms. The number of carboxylic acids is 1. The van der Waals surface area contributed by atoms with E-state index in [1.807, 2.05) is 18.2 Å². The Balaban J connectivity index is 2.29. The summed E-state index contributed by atoms with van der Waals surface area (Å²) in [4.78, 5) is 34.3. The normalized spacial score (nSPS) is 20.1. The van der Waals surface area contributed by atoms with E-state index in [-0.39, 0.29) is 24.0 Å². The molecule has 1 N–H and O–H groups in total. The Labute approximate surface area is 145 Å². The average molecular weight is 334 g/mol. The highest BCUT2D eigenvalue weighted by Gasteiger charge is 2.28. The van der Waals surface area contributed by atoms with Gasteiger partial charge in [-0.3, -0.25) is 14.4 Å². The zero-order chi connectivity index (χ0) is 17.8. The summed E-state index contributed by atoms with van der Waals surface area (Å²) < 4.78 is 0. The summed E-state index contributed by atoms with van der Waals surface area (Å²) >= 11 is 0. The Bertz CT molecular complexity index is 476. The molecule has 0 spiro atoms. The van der Waals surface area contributed by atoms with Crippen LogP contribution in [0.3, 0.4) is 0 Å². The minimum absolute atomic E-state index is 0.0517. The number of ketones is 2. The van der Waals surface area contributed by atoms with E-state index < -0.39 is 5.97 Å². The Morgan fingerprint density at radius 1 is 1.12 bits per heavy atom. The van der Waals surface area contributed by atoms with Crippen molar-refractivity contribution in [2.45, 2.75) is 71.1 Å². The number of carboxylic acid groups (broad SMARTS) is 1. The van der Waals surface area contributed by atoms with Crippen molar-refractivity contribution in [3.05, 3.63) is 24.3 Å². The minimum atomic E-state index is -0.776. The lowest BCUT2D eigenvalue weighted by molar-refractivity contribution is -0.137. The fourth-order valence-corrected chi connectivity index (χ4v) is 3.03. The predicted octanol–water partition coefficient (Wildman–Crippen LogP) is 4.49. The summed E-state index contributed by atoms with van der Waals surface area (Å²) in [7, 11) is 0. The molecule has 2 atom stereocenters. The van der Waals surface area contributed by atoms with Crippen LogP contribution in [0.1, 0.15) is 71.1 Å². The molecule has 4 heteroatoms. The van der Waals surface area contributed by atoms with Gasteiger partial charge in [-0.1, -0.05) is 38.0 Å². The van der Waals surface area contributed by atoms with Crippen molar-refractivity contribution in [2.24, 2.45) is 11.8 Å². The van der Waals surface area contributed by atoms with E-state index >= 15 is 0 Å². The molecule has 1 aliphatic carbocycles. The summed E-state index contributed by atoms with van der Waals surface area (Å²) in [6.45, 7) is 2.12. The highest BCUT2D eigenvalue weighted by atomic mass is 16.4. The minimum Gasteiger partial charge on any atom is -0.481 e. The SMILES string of the molecule is CCCCCC(=O)CC[C@@H]1C=CC(=O)[C@H]1C/C=C/CCCC(=O)O. The fourth-order valence-electron chi connectivity index (χ4n) is 3.03. The van der Waals surface area contributed by atoms with E-state index in [0.717, 1.165) is 32.1 Å². The van der Waals surface area contributed by atoms with Crippen LogP contribution in [-0.2, 0) is 14.4 Å². The van der Waals surface area contributed by atoms with E-state index in [1.54, 1.807) is 6.08 Å². The molecule has 24 heavy (non-hydrogen) atoms. The molecule has 1 aliphatic rings. The van der Waals surface area contributed by atoms with Gasteiger partial charge < -0.3 is 5.11 Å². The monoisotopic (exact) mass is 334 g/mol. The number of aliphatic carboxylic acids is 1. The van der Waals surface area contributed by atoms with Crippen LogP contribution in [-0.4, -0.2) is 22.6 Å². The van der Waals surface area contributed by atoms with Crippen molar-refractivity contribution in [1.29, 1.82) is 0 Å². The van der Waals surface area contributed by atoms with E-state index in [1.165, 1.54) is 0 Å². The quantitative estimate of drug-likeness (QED) is 0.398. The molecular formula is C20H30O4. The maximum Gasteiger partial charge on any atom is 0.303 e. The van der Waals surface area contributed by atoms with Gasteiger partial charge in [0.05, 0.1) is 0 Å². The average Bonchev–Trinajstić information content (AvgIpc) is 2.89. The lowest BCUT2D eigenvalue weighted by Crippen LogP contribution is -2.16. The smallest absolute Gasteiger partial charge is 0.303 e. The largest absolute Gasteiger partial charge is 0.481 e. The first-order valence-electron chi connectivity index (χ1n) is 9.15. The number of Topliss-reactive ketones (excluding diaryl/α,β-unsaturated/α-hetero) is 1. The van der Waals surface area contributed by atoms with Crippen LogP contribution in [0.4, 0.5) is 0 Å². The van der Waals surface area contributed by atoms with Gasteiger partial charge in [0.25, 0.3) is 0 Å². The number of hydrogen-bond donors (Lipinski definition) is 1. The molecular weight excluding hydrogens is 304 g/mol. The molecule has 0 aromatic heterocycles. The van der Waals surface area contributed by atoms with Crippen molar-refractivity contribution >= 4 is 17.5 Å². The Morgan fingerprint density at radius 2 is 1.92 bits per heavy atom. The van der Waals surface area contributed by atoms with Gasteiger partial charge in [0, 0.05) is 25.2 Å². The molecule has 4 nitrogen and oxygen atoms in total. The van der Waals surface area contributed by atoms with E-state index in [0.29, 0.717) is 31.5 Å². The standard InChI is InChI=1S/C20H30O4/c1-2-3-6-9-17(21)14-12-16-13-15-19(22)18(16)10-7-4-5-8-11-20(23)24/h4,7,13,15-16,18H,2-3,5-6,8-12,14H2,1H3,(H,23,24)/b7-4+/t16-,18+/m1/s1. The second-order valence-corrected chi connectivity index (χ2v) is 6.56. The number of allylic oxidation sites excluding steroid dienone is 4. The second-order valence-electron chi connectivity index (χ2n) is 6.56. The highest BCUT2D eigenvalue weighted by Crippen LogP contribution is 2.30. The summed E-state index contributed by atoms with van der Waals surface area (Å²) in [5.41, 5.74) is 0. The molecule has 0 saturated heterocycles. The summed E-state index contributed by atoms with van der Waals surface area (Å²) in [5.74, 6) is -0.213. The molecule has 134 valence electrons. The maximum atomic E-state index is 12.0. The lowest BCUT2D eigenvalue weighted by atomic mass is 9.87. The zero-order valence-electron chi connectivity index (χ0n) is 14.7. The van der Waals surface area contributed by atoms with Crippen LogP contribution >= 0.6 is 0 Å². The number of hydrogen-bond acceptors (Lipinski definition) is 3. The molecule has 0 amide bonds. The first kappa shape index (κ1) is 20.3. The summed E-state index contributed by atoms with van der Waals surface area (Å²) in [6.07, 6.45) is 14.9. The number of carbonyl (C=O) groups excluding carboxylic acids is 2. The molecule has 0 heterocycles. The van der Waals surface area contributed by atoms with E-state index in [9.17, 15) is 14.4 Å². The zero-order valence-corrected chi connectivity index (χ0v) is 14.7. The third kappa shape index (κ3) is 8.23. The Morgan fingerprint density at radius 3 is 2.62 bits per heavy atom.